The van der Waals surface area contributed by atoms with Crippen molar-refractivity contribution in [3.05, 3.63) is 16.2 Å². The van der Waals surface area contributed by atoms with Crippen LogP contribution in [0.3, 0.4) is 0 Å². The van der Waals surface area contributed by atoms with Crippen LogP contribution in [0.4, 0.5) is 5.69 Å². The average molecular weight is 353 g/mol. The minimum Gasteiger partial charge on any atom is -0.295 e. The molecule has 0 fully saturated rings. The number of fused-ring (bicyclic) bond motifs is 2. The third-order valence-corrected chi connectivity index (χ3v) is 6.04. The average Bonchev–Trinajstić information content (AvgIpc) is 2.74. The minimum absolute atomic E-state index is 0.0517. The Morgan fingerprint density at radius 1 is 1.53 bits per heavy atom. The van der Waals surface area contributed by atoms with E-state index in [1.165, 1.54) is 0 Å². The van der Waals surface area contributed by atoms with E-state index in [-0.39, 0.29) is 9.84 Å². The van der Waals surface area contributed by atoms with Gasteiger partial charge in [0.15, 0.2) is 0 Å². The summed E-state index contributed by atoms with van der Waals surface area (Å²) in [5, 5.41) is 0.826. The highest BCUT2D eigenvalue weighted by atomic mass is 79.9. The molecule has 0 saturated heterocycles. The number of halogens is 2. The van der Waals surface area contributed by atoms with Gasteiger partial charge in [0.1, 0.15) is 20.8 Å². The third kappa shape index (κ3) is 1.39. The number of hydrogen-bond donors (Lipinski definition) is 0. The summed E-state index contributed by atoms with van der Waals surface area (Å²) >= 11 is 8.39. The zero-order valence-corrected chi connectivity index (χ0v) is 11.6. The maximum Gasteiger partial charge on any atom is 0.279 e. The Balaban J connectivity index is 2.26. The summed E-state index contributed by atoms with van der Waals surface area (Å²) in [7, 11) is 0. The van der Waals surface area contributed by atoms with Crippen LogP contribution in [0, 0.1) is 0 Å². The highest BCUT2D eigenvalue weighted by molar-refractivity contribution is 9.13. The van der Waals surface area contributed by atoms with Gasteiger partial charge in [-0.3, -0.25) is 13.3 Å². The van der Waals surface area contributed by atoms with Gasteiger partial charge in [-0.2, -0.15) is 0 Å². The molecule has 0 saturated carbocycles. The lowest BCUT2D eigenvalue weighted by Gasteiger charge is -2.12. The third-order valence-electron chi connectivity index (χ3n) is 2.58. The molecule has 15 heavy (non-hydrogen) atoms. The minimum atomic E-state index is 0.0517. The predicted octanol–water partition coefficient (Wildman–Crippen LogP) is 2.09. The summed E-state index contributed by atoms with van der Waals surface area (Å²) < 4.78 is 3.59. The monoisotopic (exact) mass is 351 g/mol. The van der Waals surface area contributed by atoms with Crippen molar-refractivity contribution in [1.82, 2.24) is 9.55 Å². The molecule has 7 heteroatoms. The number of nitrogens with zero attached hydrogens (tertiary/aromatic N) is 3. The first kappa shape index (κ1) is 10.2. The maximum absolute atomic E-state index is 12.1. The SMILES string of the molecule is O=c1c2c(nc3n1CCC3)SC(Br)N2Br. The van der Waals surface area contributed by atoms with Crippen LogP contribution in [0.25, 0.3) is 0 Å². The molecule has 1 aromatic rings. The Morgan fingerprint density at radius 2 is 2.33 bits per heavy atom. The molecule has 0 N–H and O–H groups in total. The highest BCUT2D eigenvalue weighted by Crippen LogP contribution is 2.44. The van der Waals surface area contributed by atoms with Gasteiger partial charge in [-0.15, -0.1) is 0 Å². The van der Waals surface area contributed by atoms with E-state index in [1.807, 2.05) is 0 Å². The van der Waals surface area contributed by atoms with Crippen LogP contribution in [-0.2, 0) is 13.0 Å². The van der Waals surface area contributed by atoms with E-state index in [4.69, 9.17) is 0 Å². The second-order valence-electron chi connectivity index (χ2n) is 3.46. The second kappa shape index (κ2) is 3.49. The molecule has 80 valence electrons. The summed E-state index contributed by atoms with van der Waals surface area (Å²) in [6.07, 6.45) is 1.94. The normalized spacial score (nSPS) is 23.1. The van der Waals surface area contributed by atoms with Gasteiger partial charge >= 0.3 is 0 Å². The molecule has 3 rings (SSSR count). The van der Waals surface area contributed by atoms with Gasteiger partial charge in [-0.1, -0.05) is 27.7 Å². The van der Waals surface area contributed by atoms with E-state index in [2.05, 4.69) is 37.1 Å². The first-order valence-electron chi connectivity index (χ1n) is 4.58. The number of alkyl halides is 1. The Bertz CT molecular complexity index is 490. The smallest absolute Gasteiger partial charge is 0.279 e. The number of anilines is 1. The first-order chi connectivity index (χ1) is 7.18. The standard InChI is InChI=1S/C8H7Br2N3OS/c9-8-13(10)5-6(15-8)11-4-2-1-3-12(4)7(5)14/h8H,1-3H2. The fourth-order valence-corrected chi connectivity index (χ4v) is 4.15. The number of aryl methyl sites for hydroxylation is 1. The zero-order chi connectivity index (χ0) is 10.6. The fourth-order valence-electron chi connectivity index (χ4n) is 1.89. The fraction of sp³-hybridized carbons (Fsp3) is 0.500. The van der Waals surface area contributed by atoms with Gasteiger partial charge in [-0.25, -0.2) is 4.98 Å². The van der Waals surface area contributed by atoms with E-state index >= 15 is 0 Å². The number of thioether (sulfide) groups is 1. The molecule has 1 aromatic heterocycles. The van der Waals surface area contributed by atoms with Crippen molar-refractivity contribution in [1.29, 1.82) is 0 Å². The van der Waals surface area contributed by atoms with Gasteiger partial charge in [0.05, 0.1) is 16.1 Å². The molecule has 2 aliphatic rings. The van der Waals surface area contributed by atoms with Gasteiger partial charge < -0.3 is 0 Å². The number of aromatic nitrogens is 2. The second-order valence-corrected chi connectivity index (χ2v) is 6.77. The van der Waals surface area contributed by atoms with Crippen molar-refractivity contribution in [2.45, 2.75) is 28.7 Å². The highest BCUT2D eigenvalue weighted by Gasteiger charge is 2.33. The van der Waals surface area contributed by atoms with E-state index in [9.17, 15) is 4.79 Å². The van der Waals surface area contributed by atoms with Crippen LogP contribution in [0.2, 0.25) is 0 Å². The molecule has 0 amide bonds. The largest absolute Gasteiger partial charge is 0.295 e. The molecule has 3 heterocycles. The Morgan fingerprint density at radius 3 is 3.13 bits per heavy atom. The molecule has 0 spiro atoms. The van der Waals surface area contributed by atoms with Crippen LogP contribution in [0.15, 0.2) is 9.82 Å². The molecule has 1 unspecified atom stereocenters. The lowest BCUT2D eigenvalue weighted by atomic mass is 10.4. The van der Waals surface area contributed by atoms with Gasteiger partial charge in [-0.05, 0) is 6.42 Å². The Labute approximate surface area is 108 Å². The van der Waals surface area contributed by atoms with Gasteiger partial charge in [0, 0.05) is 13.0 Å². The van der Waals surface area contributed by atoms with Crippen LogP contribution in [0.1, 0.15) is 12.2 Å². The summed E-state index contributed by atoms with van der Waals surface area (Å²) in [6.45, 7) is 0.799. The first-order valence-corrected chi connectivity index (χ1v) is 7.08. The zero-order valence-electron chi connectivity index (χ0n) is 7.61. The topological polar surface area (TPSA) is 38.1 Å². The van der Waals surface area contributed by atoms with Crippen LogP contribution < -0.4 is 9.49 Å². The Kier molecular flexibility index (Phi) is 2.37. The quantitative estimate of drug-likeness (QED) is 0.310. The molecule has 0 bridgehead atoms. The number of hydrogen-bond acceptors (Lipinski definition) is 4. The maximum atomic E-state index is 12.1. The van der Waals surface area contributed by atoms with E-state index in [0.717, 1.165) is 30.2 Å². The lowest BCUT2D eigenvalue weighted by molar-refractivity contribution is 0.703. The van der Waals surface area contributed by atoms with Crippen LogP contribution >= 0.6 is 43.8 Å². The molecular weight excluding hydrogens is 346 g/mol. The van der Waals surface area contributed by atoms with Crippen molar-refractivity contribution in [3.8, 4) is 0 Å². The lowest BCUT2D eigenvalue weighted by Crippen LogP contribution is -2.26. The van der Waals surface area contributed by atoms with Crippen molar-refractivity contribution < 1.29 is 0 Å². The number of rotatable bonds is 0. The molecule has 0 radical (unpaired) electrons. The molecule has 4 nitrogen and oxygen atoms in total. The summed E-state index contributed by atoms with van der Waals surface area (Å²) in [6, 6.07) is 0. The molecule has 1 atom stereocenters. The van der Waals surface area contributed by atoms with Crippen LogP contribution in [-0.4, -0.2) is 13.8 Å². The van der Waals surface area contributed by atoms with Crippen LogP contribution in [0.5, 0.6) is 0 Å². The van der Waals surface area contributed by atoms with Crippen molar-refractivity contribution in [2.75, 3.05) is 3.93 Å². The molecule has 0 aromatic carbocycles. The van der Waals surface area contributed by atoms with E-state index in [0.29, 0.717) is 5.69 Å². The summed E-state index contributed by atoms with van der Waals surface area (Å²) in [4.78, 5) is 16.6. The van der Waals surface area contributed by atoms with Crippen molar-refractivity contribution >= 4 is 49.5 Å². The molecular formula is C8H7Br2N3OS. The van der Waals surface area contributed by atoms with E-state index in [1.54, 1.807) is 20.3 Å². The Hall–Kier alpha value is -0.0100. The molecule has 2 aliphatic heterocycles. The van der Waals surface area contributed by atoms with E-state index < -0.39 is 0 Å². The summed E-state index contributed by atoms with van der Waals surface area (Å²) in [5.41, 5.74) is 0.728. The van der Waals surface area contributed by atoms with Gasteiger partial charge in [0.25, 0.3) is 5.56 Å². The van der Waals surface area contributed by atoms with Crippen molar-refractivity contribution in [3.63, 3.8) is 0 Å². The summed E-state index contributed by atoms with van der Waals surface area (Å²) in [5.74, 6) is 0.925. The van der Waals surface area contributed by atoms with Gasteiger partial charge in [0.2, 0.25) is 0 Å². The van der Waals surface area contributed by atoms with Crippen molar-refractivity contribution in [2.24, 2.45) is 0 Å². The predicted molar refractivity (Wildman–Crippen MR) is 66.8 cm³/mol. The molecule has 0 aliphatic carbocycles.